The van der Waals surface area contributed by atoms with E-state index in [-0.39, 0.29) is 5.78 Å². The van der Waals surface area contributed by atoms with Gasteiger partial charge >= 0.3 is 0 Å². The molecule has 0 N–H and O–H groups in total. The van der Waals surface area contributed by atoms with Crippen molar-refractivity contribution in [2.24, 2.45) is 0 Å². The number of carbonyl (C=O) groups excluding carboxylic acids is 1. The van der Waals surface area contributed by atoms with Crippen molar-refractivity contribution in [3.63, 3.8) is 0 Å². The molecule has 0 saturated heterocycles. The number of aryl methyl sites for hydroxylation is 2. The van der Waals surface area contributed by atoms with Gasteiger partial charge in [0.2, 0.25) is 0 Å². The lowest BCUT2D eigenvalue weighted by Crippen LogP contribution is -2.09. The van der Waals surface area contributed by atoms with E-state index in [2.05, 4.69) is 43.3 Å². The molecule has 1 aliphatic rings. The minimum atomic E-state index is 0.246. The van der Waals surface area contributed by atoms with Gasteiger partial charge in [0.15, 0.2) is 5.78 Å². The second-order valence-electron chi connectivity index (χ2n) is 6.16. The molecule has 1 saturated carbocycles. The van der Waals surface area contributed by atoms with E-state index in [1.165, 1.54) is 36.0 Å². The van der Waals surface area contributed by atoms with Gasteiger partial charge in [0, 0.05) is 12.0 Å². The van der Waals surface area contributed by atoms with Gasteiger partial charge < -0.3 is 0 Å². The van der Waals surface area contributed by atoms with Crippen LogP contribution in [-0.4, -0.2) is 5.78 Å². The first-order valence-electron chi connectivity index (χ1n) is 7.91. The van der Waals surface area contributed by atoms with E-state index in [1.54, 1.807) is 0 Å². The van der Waals surface area contributed by atoms with Crippen molar-refractivity contribution in [1.82, 2.24) is 0 Å². The Hall–Kier alpha value is -1.89. The number of hydrogen-bond donors (Lipinski definition) is 0. The Morgan fingerprint density at radius 2 is 1.67 bits per heavy atom. The van der Waals surface area contributed by atoms with Crippen LogP contribution in [0, 0.1) is 6.92 Å². The standard InChI is InChI=1S/C20H22O/c1-15-5-7-16(8-6-15)9-14-20(21)19-12-10-18(11-13-19)17-3-2-4-17/h5-8,10-13,17H,2-4,9,14H2,1H3. The Kier molecular flexibility index (Phi) is 4.19. The molecular weight excluding hydrogens is 256 g/mol. The van der Waals surface area contributed by atoms with Gasteiger partial charge in [-0.05, 0) is 43.2 Å². The zero-order valence-corrected chi connectivity index (χ0v) is 12.6. The molecule has 2 aromatic rings. The maximum atomic E-state index is 12.2. The molecule has 1 fully saturated rings. The van der Waals surface area contributed by atoms with E-state index in [9.17, 15) is 4.79 Å². The van der Waals surface area contributed by atoms with Crippen molar-refractivity contribution >= 4 is 5.78 Å². The maximum absolute atomic E-state index is 12.2. The highest BCUT2D eigenvalue weighted by atomic mass is 16.1. The molecule has 0 unspecified atom stereocenters. The van der Waals surface area contributed by atoms with Crippen molar-refractivity contribution in [2.75, 3.05) is 0 Å². The first kappa shape index (κ1) is 14.1. The average molecular weight is 278 g/mol. The summed E-state index contributed by atoms with van der Waals surface area (Å²) in [5.74, 6) is 0.984. The van der Waals surface area contributed by atoms with E-state index in [1.807, 2.05) is 12.1 Å². The van der Waals surface area contributed by atoms with Gasteiger partial charge in [0.25, 0.3) is 0 Å². The highest BCUT2D eigenvalue weighted by Gasteiger charge is 2.19. The number of hydrogen-bond acceptors (Lipinski definition) is 1. The van der Waals surface area contributed by atoms with Crippen LogP contribution in [0.25, 0.3) is 0 Å². The van der Waals surface area contributed by atoms with Crippen molar-refractivity contribution in [1.29, 1.82) is 0 Å². The van der Waals surface area contributed by atoms with Crippen molar-refractivity contribution in [3.8, 4) is 0 Å². The van der Waals surface area contributed by atoms with Gasteiger partial charge in [-0.3, -0.25) is 4.79 Å². The molecule has 0 spiro atoms. The van der Waals surface area contributed by atoms with Crippen LogP contribution >= 0.6 is 0 Å². The molecule has 0 amide bonds. The van der Waals surface area contributed by atoms with Gasteiger partial charge in [-0.1, -0.05) is 60.5 Å². The topological polar surface area (TPSA) is 17.1 Å². The SMILES string of the molecule is Cc1ccc(CCC(=O)c2ccc(C3CCC3)cc2)cc1. The van der Waals surface area contributed by atoms with Crippen LogP contribution in [0.15, 0.2) is 48.5 Å². The summed E-state index contributed by atoms with van der Waals surface area (Å²) in [5, 5.41) is 0. The molecular formula is C20H22O. The largest absolute Gasteiger partial charge is 0.294 e. The minimum Gasteiger partial charge on any atom is -0.294 e. The second kappa shape index (κ2) is 6.26. The quantitative estimate of drug-likeness (QED) is 0.697. The molecule has 108 valence electrons. The Balaban J connectivity index is 1.58. The van der Waals surface area contributed by atoms with Crippen LogP contribution in [0.5, 0.6) is 0 Å². The fraction of sp³-hybridized carbons (Fsp3) is 0.350. The Labute approximate surface area is 127 Å². The first-order chi connectivity index (χ1) is 10.2. The van der Waals surface area contributed by atoms with Crippen LogP contribution < -0.4 is 0 Å². The molecule has 3 rings (SSSR count). The molecule has 21 heavy (non-hydrogen) atoms. The van der Waals surface area contributed by atoms with Crippen molar-refractivity contribution < 1.29 is 4.79 Å². The number of carbonyl (C=O) groups is 1. The fourth-order valence-electron chi connectivity index (χ4n) is 2.84. The summed E-state index contributed by atoms with van der Waals surface area (Å²) in [7, 11) is 0. The van der Waals surface area contributed by atoms with Crippen LogP contribution in [0.1, 0.15) is 58.6 Å². The van der Waals surface area contributed by atoms with Gasteiger partial charge in [-0.25, -0.2) is 0 Å². The molecule has 0 heterocycles. The minimum absolute atomic E-state index is 0.246. The highest BCUT2D eigenvalue weighted by molar-refractivity contribution is 5.96. The fourth-order valence-corrected chi connectivity index (χ4v) is 2.84. The molecule has 1 aliphatic carbocycles. The third kappa shape index (κ3) is 3.41. The first-order valence-corrected chi connectivity index (χ1v) is 7.91. The third-order valence-electron chi connectivity index (χ3n) is 4.57. The Morgan fingerprint density at radius 3 is 2.24 bits per heavy atom. The number of ketones is 1. The Bertz CT molecular complexity index is 603. The second-order valence-corrected chi connectivity index (χ2v) is 6.16. The summed E-state index contributed by atoms with van der Waals surface area (Å²) >= 11 is 0. The number of benzene rings is 2. The maximum Gasteiger partial charge on any atom is 0.163 e. The average Bonchev–Trinajstić information content (AvgIpc) is 2.45. The van der Waals surface area contributed by atoms with E-state index in [0.717, 1.165) is 17.9 Å². The molecule has 0 bridgehead atoms. The summed E-state index contributed by atoms with van der Waals surface area (Å²) in [4.78, 5) is 12.2. The van der Waals surface area contributed by atoms with Crippen molar-refractivity contribution in [2.45, 2.75) is 44.9 Å². The summed E-state index contributed by atoms with van der Waals surface area (Å²) in [6.45, 7) is 2.08. The molecule has 0 radical (unpaired) electrons. The zero-order chi connectivity index (χ0) is 14.7. The molecule has 0 aliphatic heterocycles. The summed E-state index contributed by atoms with van der Waals surface area (Å²) in [6, 6.07) is 16.7. The van der Waals surface area contributed by atoms with E-state index >= 15 is 0 Å². The predicted octanol–water partition coefficient (Wildman–Crippen LogP) is 5.08. The van der Waals surface area contributed by atoms with Crippen LogP contribution in [0.4, 0.5) is 0 Å². The van der Waals surface area contributed by atoms with Crippen molar-refractivity contribution in [3.05, 3.63) is 70.8 Å². The normalized spacial score (nSPS) is 14.7. The lowest BCUT2D eigenvalue weighted by molar-refractivity contribution is 0.0983. The zero-order valence-electron chi connectivity index (χ0n) is 12.6. The molecule has 1 heteroatoms. The van der Waals surface area contributed by atoms with E-state index in [0.29, 0.717) is 6.42 Å². The smallest absolute Gasteiger partial charge is 0.163 e. The monoisotopic (exact) mass is 278 g/mol. The molecule has 0 aromatic heterocycles. The van der Waals surface area contributed by atoms with E-state index < -0.39 is 0 Å². The lowest BCUT2D eigenvalue weighted by Gasteiger charge is -2.25. The predicted molar refractivity (Wildman–Crippen MR) is 86.9 cm³/mol. The summed E-state index contributed by atoms with van der Waals surface area (Å²) in [5.41, 5.74) is 4.75. The van der Waals surface area contributed by atoms with Crippen LogP contribution in [0.2, 0.25) is 0 Å². The van der Waals surface area contributed by atoms with E-state index in [4.69, 9.17) is 0 Å². The molecule has 1 nitrogen and oxygen atoms in total. The summed E-state index contributed by atoms with van der Waals surface area (Å²) < 4.78 is 0. The third-order valence-corrected chi connectivity index (χ3v) is 4.57. The van der Waals surface area contributed by atoms with Gasteiger partial charge in [0.05, 0.1) is 0 Å². The van der Waals surface area contributed by atoms with Gasteiger partial charge in [0.1, 0.15) is 0 Å². The van der Waals surface area contributed by atoms with Crippen LogP contribution in [-0.2, 0) is 6.42 Å². The highest BCUT2D eigenvalue weighted by Crippen LogP contribution is 2.36. The molecule has 0 atom stereocenters. The lowest BCUT2D eigenvalue weighted by atomic mass is 9.80. The van der Waals surface area contributed by atoms with Gasteiger partial charge in [-0.15, -0.1) is 0 Å². The summed E-state index contributed by atoms with van der Waals surface area (Å²) in [6.07, 6.45) is 5.37. The number of Topliss-reactive ketones (excluding diaryl/α,β-unsaturated/α-hetero) is 1. The number of rotatable bonds is 5. The van der Waals surface area contributed by atoms with Gasteiger partial charge in [-0.2, -0.15) is 0 Å². The molecule has 2 aromatic carbocycles. The Morgan fingerprint density at radius 1 is 1.00 bits per heavy atom. The van der Waals surface area contributed by atoms with Crippen LogP contribution in [0.3, 0.4) is 0 Å².